The maximum Gasteiger partial charge on any atom is 0.335 e. The van der Waals surface area contributed by atoms with Gasteiger partial charge in [0.2, 0.25) is 0 Å². The molecule has 3 heterocycles. The van der Waals surface area contributed by atoms with Gasteiger partial charge in [-0.15, -0.1) is 11.3 Å². The second kappa shape index (κ2) is 9.17. The number of rotatable bonds is 6. The van der Waals surface area contributed by atoms with Crippen molar-refractivity contribution >= 4 is 46.7 Å². The summed E-state index contributed by atoms with van der Waals surface area (Å²) in [6, 6.07) is 10.2. The molecule has 2 saturated heterocycles. The average molecular weight is 461 g/mol. The van der Waals surface area contributed by atoms with Gasteiger partial charge >= 0.3 is 17.8 Å². The molecule has 0 saturated carbocycles. The number of urea groups is 1. The smallest absolute Gasteiger partial charge is 0.335 e. The molecule has 0 unspecified atom stereocenters. The lowest BCUT2D eigenvalue weighted by atomic mass is 10.2. The first kappa shape index (κ1) is 21.5. The lowest BCUT2D eigenvalue weighted by molar-refractivity contribution is -0.144. The highest BCUT2D eigenvalue weighted by Gasteiger charge is 2.45. The molecule has 162 valence electrons. The number of thiophene rings is 1. The van der Waals surface area contributed by atoms with E-state index in [0.29, 0.717) is 43.2 Å². The number of imide groups is 2. The fraction of sp³-hybridized carbons (Fsp3) is 0.333. The number of benzene rings is 1. The van der Waals surface area contributed by atoms with Crippen molar-refractivity contribution in [3.63, 3.8) is 0 Å². The minimum absolute atomic E-state index is 0.0348. The molecule has 2 fully saturated rings. The molecule has 31 heavy (non-hydrogen) atoms. The van der Waals surface area contributed by atoms with Crippen LogP contribution in [0.5, 0.6) is 0 Å². The van der Waals surface area contributed by atoms with Gasteiger partial charge in [0.15, 0.2) is 0 Å². The molecular formula is C21H21ClN4O4S. The van der Waals surface area contributed by atoms with Crippen molar-refractivity contribution < 1.29 is 19.2 Å². The molecule has 0 bridgehead atoms. The van der Waals surface area contributed by atoms with Gasteiger partial charge in [-0.3, -0.25) is 24.2 Å². The van der Waals surface area contributed by atoms with Gasteiger partial charge in [-0.2, -0.15) is 0 Å². The largest absolute Gasteiger partial charge is 0.336 e. The molecule has 0 radical (unpaired) electrons. The summed E-state index contributed by atoms with van der Waals surface area (Å²) in [6.45, 7) is 2.06. The lowest BCUT2D eigenvalue weighted by Crippen LogP contribution is -2.52. The second-order valence-electron chi connectivity index (χ2n) is 7.33. The minimum atomic E-state index is -0.800. The molecule has 2 aliphatic rings. The molecule has 2 aliphatic heterocycles. The molecule has 8 nitrogen and oxygen atoms in total. The van der Waals surface area contributed by atoms with Crippen molar-refractivity contribution in [1.82, 2.24) is 19.6 Å². The van der Waals surface area contributed by atoms with E-state index in [1.54, 1.807) is 40.5 Å². The zero-order valence-electron chi connectivity index (χ0n) is 16.7. The standard InChI is InChI=1S/C21H21ClN4O4S/c22-17-6-2-1-5-16(17)18(27)24-11-9-23(10-12-24)14-26-20(29)19(28)25(21(26)30)8-7-15-4-3-13-31-15/h1-6,13H,7-12,14H2. The van der Waals surface area contributed by atoms with Crippen LogP contribution in [0.15, 0.2) is 41.8 Å². The first-order chi connectivity index (χ1) is 15.0. The molecule has 1 aromatic carbocycles. The van der Waals surface area contributed by atoms with Crippen LogP contribution in [0.3, 0.4) is 0 Å². The molecule has 0 aliphatic carbocycles. The van der Waals surface area contributed by atoms with E-state index in [4.69, 9.17) is 11.6 Å². The van der Waals surface area contributed by atoms with Gasteiger partial charge in [0.1, 0.15) is 0 Å². The van der Waals surface area contributed by atoms with E-state index < -0.39 is 17.8 Å². The van der Waals surface area contributed by atoms with Crippen LogP contribution < -0.4 is 0 Å². The van der Waals surface area contributed by atoms with Crippen LogP contribution in [0.4, 0.5) is 4.79 Å². The maximum absolute atomic E-state index is 12.7. The number of nitrogens with zero attached hydrogens (tertiary/aromatic N) is 4. The Morgan fingerprint density at radius 2 is 1.65 bits per heavy atom. The maximum atomic E-state index is 12.7. The van der Waals surface area contributed by atoms with E-state index in [0.717, 1.165) is 14.7 Å². The summed E-state index contributed by atoms with van der Waals surface area (Å²) in [4.78, 5) is 56.6. The Bertz CT molecular complexity index is 1000. The minimum Gasteiger partial charge on any atom is -0.336 e. The summed E-state index contributed by atoms with van der Waals surface area (Å²) < 4.78 is 0. The third-order valence-electron chi connectivity index (χ3n) is 5.40. The quantitative estimate of drug-likeness (QED) is 0.487. The molecule has 4 rings (SSSR count). The highest BCUT2D eigenvalue weighted by Crippen LogP contribution is 2.19. The van der Waals surface area contributed by atoms with Crippen LogP contribution in [0.25, 0.3) is 0 Å². The van der Waals surface area contributed by atoms with Gasteiger partial charge < -0.3 is 4.90 Å². The molecule has 2 aromatic rings. The first-order valence-electron chi connectivity index (χ1n) is 9.91. The average Bonchev–Trinajstić information content (AvgIpc) is 3.36. The summed E-state index contributed by atoms with van der Waals surface area (Å²) in [5.41, 5.74) is 0.453. The molecule has 0 N–H and O–H groups in total. The van der Waals surface area contributed by atoms with Crippen LogP contribution in [0, 0.1) is 0 Å². The Kier molecular flexibility index (Phi) is 6.35. The Morgan fingerprint density at radius 1 is 0.935 bits per heavy atom. The van der Waals surface area contributed by atoms with Gasteiger partial charge in [0.25, 0.3) is 5.91 Å². The number of halogens is 1. The van der Waals surface area contributed by atoms with Crippen LogP contribution >= 0.6 is 22.9 Å². The van der Waals surface area contributed by atoms with Crippen LogP contribution in [0.2, 0.25) is 5.02 Å². The normalized spacial score (nSPS) is 17.7. The molecule has 10 heteroatoms. The molecular weight excluding hydrogens is 440 g/mol. The van der Waals surface area contributed by atoms with Gasteiger partial charge in [-0.25, -0.2) is 9.69 Å². The summed E-state index contributed by atoms with van der Waals surface area (Å²) in [5.74, 6) is -1.73. The van der Waals surface area contributed by atoms with Gasteiger partial charge in [-0.1, -0.05) is 29.8 Å². The lowest BCUT2D eigenvalue weighted by Gasteiger charge is -2.36. The van der Waals surface area contributed by atoms with E-state index >= 15 is 0 Å². The number of amides is 5. The number of piperazine rings is 1. The third-order valence-corrected chi connectivity index (χ3v) is 6.67. The van der Waals surface area contributed by atoms with Crippen LogP contribution in [-0.2, 0) is 16.0 Å². The third kappa shape index (κ3) is 4.48. The number of hydrogen-bond donors (Lipinski definition) is 0. The van der Waals surface area contributed by atoms with Crippen molar-refractivity contribution in [2.45, 2.75) is 6.42 Å². The predicted octanol–water partition coefficient (Wildman–Crippen LogP) is 2.15. The summed E-state index contributed by atoms with van der Waals surface area (Å²) in [7, 11) is 0. The fourth-order valence-electron chi connectivity index (χ4n) is 3.65. The zero-order valence-corrected chi connectivity index (χ0v) is 18.3. The topological polar surface area (TPSA) is 81.2 Å². The van der Waals surface area contributed by atoms with Crippen LogP contribution in [-0.4, -0.2) is 82.7 Å². The van der Waals surface area contributed by atoms with Gasteiger partial charge in [-0.05, 0) is 23.6 Å². The molecule has 1 aromatic heterocycles. The van der Waals surface area contributed by atoms with E-state index in [1.807, 2.05) is 22.4 Å². The van der Waals surface area contributed by atoms with Crippen molar-refractivity contribution in [1.29, 1.82) is 0 Å². The highest BCUT2D eigenvalue weighted by molar-refractivity contribution is 7.09. The SMILES string of the molecule is O=C(c1ccccc1Cl)N1CCN(CN2C(=O)C(=O)N(CCc3cccs3)C2=O)CC1. The zero-order chi connectivity index (χ0) is 22.0. The van der Waals surface area contributed by atoms with Gasteiger partial charge in [0, 0.05) is 44.0 Å². The van der Waals surface area contributed by atoms with Crippen molar-refractivity contribution in [2.75, 3.05) is 39.4 Å². The second-order valence-corrected chi connectivity index (χ2v) is 8.77. The Hall–Kier alpha value is -2.75. The summed E-state index contributed by atoms with van der Waals surface area (Å²) in [6.07, 6.45) is 0.527. The van der Waals surface area contributed by atoms with E-state index in [2.05, 4.69) is 0 Å². The molecule has 5 amide bonds. The van der Waals surface area contributed by atoms with E-state index in [-0.39, 0.29) is 19.1 Å². The van der Waals surface area contributed by atoms with E-state index in [9.17, 15) is 19.2 Å². The van der Waals surface area contributed by atoms with Gasteiger partial charge in [0.05, 0.1) is 17.3 Å². The fourth-order valence-corrected chi connectivity index (χ4v) is 4.56. The number of carbonyl (C=O) groups excluding carboxylic acids is 4. The molecule has 0 atom stereocenters. The van der Waals surface area contributed by atoms with Crippen molar-refractivity contribution in [2.24, 2.45) is 0 Å². The summed E-state index contributed by atoms with van der Waals surface area (Å²) >= 11 is 7.67. The Morgan fingerprint density at radius 3 is 2.32 bits per heavy atom. The first-order valence-corrected chi connectivity index (χ1v) is 11.2. The van der Waals surface area contributed by atoms with Crippen molar-refractivity contribution in [3.05, 3.63) is 57.2 Å². The Labute approximate surface area is 188 Å². The monoisotopic (exact) mass is 460 g/mol. The highest BCUT2D eigenvalue weighted by atomic mass is 35.5. The number of hydrogen-bond acceptors (Lipinski definition) is 6. The summed E-state index contributed by atoms with van der Waals surface area (Å²) in [5, 5.41) is 2.33. The van der Waals surface area contributed by atoms with Crippen LogP contribution in [0.1, 0.15) is 15.2 Å². The predicted molar refractivity (Wildman–Crippen MR) is 116 cm³/mol. The van der Waals surface area contributed by atoms with E-state index in [1.165, 1.54) is 0 Å². The number of carbonyl (C=O) groups is 4. The Balaban J connectivity index is 1.32. The van der Waals surface area contributed by atoms with Crippen molar-refractivity contribution in [3.8, 4) is 0 Å². The molecule has 0 spiro atoms.